The quantitative estimate of drug-likeness (QED) is 0.450. The van der Waals surface area contributed by atoms with Gasteiger partial charge in [0.05, 0.1) is 24.8 Å². The Labute approximate surface area is 182 Å². The van der Waals surface area contributed by atoms with Gasteiger partial charge >= 0.3 is 0 Å². The molecule has 2 aliphatic heterocycles. The molecule has 0 radical (unpaired) electrons. The summed E-state index contributed by atoms with van der Waals surface area (Å²) in [6.07, 6.45) is 1.69. The number of benzene rings is 2. The number of aryl methyl sites for hydroxylation is 2. The van der Waals surface area contributed by atoms with E-state index in [1.54, 1.807) is 18.1 Å². The molecule has 6 heteroatoms. The molecule has 2 unspecified atom stereocenters. The number of aliphatic hydroxyl groups is 1. The van der Waals surface area contributed by atoms with E-state index in [4.69, 9.17) is 9.47 Å². The molecular formula is C25H27NO5. The van der Waals surface area contributed by atoms with Gasteiger partial charge < -0.3 is 19.5 Å². The van der Waals surface area contributed by atoms with Crippen molar-refractivity contribution in [2.24, 2.45) is 0 Å². The number of methoxy groups -OCH3 is 1. The van der Waals surface area contributed by atoms with Gasteiger partial charge in [0.2, 0.25) is 0 Å². The summed E-state index contributed by atoms with van der Waals surface area (Å²) in [6, 6.07) is 12.3. The zero-order chi connectivity index (χ0) is 22.1. The largest absolute Gasteiger partial charge is 0.507 e. The Bertz CT molecular complexity index is 1040. The second-order valence-electron chi connectivity index (χ2n) is 8.13. The van der Waals surface area contributed by atoms with Crippen LogP contribution in [0, 0.1) is 13.8 Å². The van der Waals surface area contributed by atoms with Crippen LogP contribution >= 0.6 is 0 Å². The Morgan fingerprint density at radius 2 is 1.90 bits per heavy atom. The maximum atomic E-state index is 13.1. The lowest BCUT2D eigenvalue weighted by Gasteiger charge is -2.27. The van der Waals surface area contributed by atoms with Gasteiger partial charge in [0.15, 0.2) is 0 Å². The fraction of sp³-hybridized carbons (Fsp3) is 0.360. The van der Waals surface area contributed by atoms with Crippen LogP contribution in [0.3, 0.4) is 0 Å². The Hall–Kier alpha value is -3.12. The maximum absolute atomic E-state index is 13.1. The first-order valence-electron chi connectivity index (χ1n) is 10.5. The van der Waals surface area contributed by atoms with E-state index in [9.17, 15) is 14.7 Å². The topological polar surface area (TPSA) is 76.1 Å². The first kappa shape index (κ1) is 21.1. The van der Waals surface area contributed by atoms with E-state index in [1.165, 1.54) is 0 Å². The summed E-state index contributed by atoms with van der Waals surface area (Å²) < 4.78 is 11.1. The smallest absolute Gasteiger partial charge is 0.295 e. The van der Waals surface area contributed by atoms with Gasteiger partial charge in [0, 0.05) is 18.7 Å². The molecule has 31 heavy (non-hydrogen) atoms. The number of likely N-dealkylation sites (tertiary alicyclic amines) is 1. The number of ether oxygens (including phenoxy) is 2. The van der Waals surface area contributed by atoms with Crippen LogP contribution in [0.15, 0.2) is 48.0 Å². The van der Waals surface area contributed by atoms with Crippen molar-refractivity contribution in [1.29, 1.82) is 0 Å². The van der Waals surface area contributed by atoms with Gasteiger partial charge in [-0.25, -0.2) is 0 Å². The minimum Gasteiger partial charge on any atom is -0.507 e. The van der Waals surface area contributed by atoms with Gasteiger partial charge in [-0.2, -0.15) is 0 Å². The molecule has 0 bridgehead atoms. The second kappa shape index (κ2) is 8.55. The standard InChI is InChI=1S/C25H27NO5/c1-15-13-20(30-3)16(2)12-19(15)23(27)21-22(17-8-5-4-6-9-17)26(25(29)24(21)28)14-18-10-7-11-31-18/h4-6,8-9,12-13,18,22,27H,7,10-11,14H2,1-3H3/b23-21+. The van der Waals surface area contributed by atoms with Gasteiger partial charge in [-0.15, -0.1) is 0 Å². The van der Waals surface area contributed by atoms with E-state index in [2.05, 4.69) is 0 Å². The molecule has 2 aromatic rings. The predicted molar refractivity (Wildman–Crippen MR) is 117 cm³/mol. The van der Waals surface area contributed by atoms with E-state index in [-0.39, 0.29) is 17.4 Å². The lowest BCUT2D eigenvalue weighted by molar-refractivity contribution is -0.140. The molecule has 162 valence electrons. The average molecular weight is 421 g/mol. The van der Waals surface area contributed by atoms with Crippen LogP contribution in [-0.4, -0.2) is 48.1 Å². The van der Waals surface area contributed by atoms with Crippen molar-refractivity contribution in [2.75, 3.05) is 20.3 Å². The van der Waals surface area contributed by atoms with Crippen molar-refractivity contribution >= 4 is 17.4 Å². The van der Waals surface area contributed by atoms with Gasteiger partial charge in [0.25, 0.3) is 11.7 Å². The SMILES string of the molecule is COc1cc(C)c(/C(O)=C2\C(=O)C(=O)N(CC3CCCO3)C2c2ccccc2)cc1C. The maximum Gasteiger partial charge on any atom is 0.295 e. The molecule has 0 saturated carbocycles. The molecule has 1 amide bonds. The van der Waals surface area contributed by atoms with Crippen LogP contribution in [0.2, 0.25) is 0 Å². The molecule has 0 aromatic heterocycles. The molecule has 2 fully saturated rings. The van der Waals surface area contributed by atoms with Gasteiger partial charge in [-0.3, -0.25) is 9.59 Å². The van der Waals surface area contributed by atoms with Gasteiger partial charge in [-0.05, 0) is 55.5 Å². The van der Waals surface area contributed by atoms with Crippen molar-refractivity contribution in [3.8, 4) is 5.75 Å². The number of carbonyl (C=O) groups is 2. The first-order valence-corrected chi connectivity index (χ1v) is 10.5. The first-order chi connectivity index (χ1) is 14.9. The van der Waals surface area contributed by atoms with Crippen molar-refractivity contribution < 1.29 is 24.2 Å². The second-order valence-corrected chi connectivity index (χ2v) is 8.13. The highest BCUT2D eigenvalue weighted by Gasteiger charge is 2.47. The number of nitrogens with zero attached hydrogens (tertiary/aromatic N) is 1. The number of aliphatic hydroxyl groups excluding tert-OH is 1. The molecule has 2 saturated heterocycles. The monoisotopic (exact) mass is 421 g/mol. The van der Waals surface area contributed by atoms with Crippen LogP contribution in [-0.2, 0) is 14.3 Å². The Kier molecular flexibility index (Phi) is 5.83. The number of ketones is 1. The third-order valence-corrected chi connectivity index (χ3v) is 6.08. The van der Waals surface area contributed by atoms with Crippen LogP contribution in [0.4, 0.5) is 0 Å². The number of amides is 1. The zero-order valence-corrected chi connectivity index (χ0v) is 18.1. The molecule has 0 aliphatic carbocycles. The van der Waals surface area contributed by atoms with E-state index >= 15 is 0 Å². The highest BCUT2D eigenvalue weighted by molar-refractivity contribution is 6.46. The summed E-state index contributed by atoms with van der Waals surface area (Å²) >= 11 is 0. The van der Waals surface area contributed by atoms with E-state index in [0.29, 0.717) is 24.5 Å². The summed E-state index contributed by atoms with van der Waals surface area (Å²) in [5.74, 6) is -0.733. The van der Waals surface area contributed by atoms with E-state index < -0.39 is 17.7 Å². The summed E-state index contributed by atoms with van der Waals surface area (Å²) in [5.41, 5.74) is 3.01. The number of hydrogen-bond acceptors (Lipinski definition) is 5. The Morgan fingerprint density at radius 1 is 1.16 bits per heavy atom. The zero-order valence-electron chi connectivity index (χ0n) is 18.1. The summed E-state index contributed by atoms with van der Waals surface area (Å²) in [4.78, 5) is 27.7. The van der Waals surface area contributed by atoms with Crippen LogP contribution in [0.25, 0.3) is 5.76 Å². The van der Waals surface area contributed by atoms with Crippen LogP contribution < -0.4 is 4.74 Å². The molecule has 1 N–H and O–H groups in total. The van der Waals surface area contributed by atoms with E-state index in [1.807, 2.05) is 50.2 Å². The lowest BCUT2D eigenvalue weighted by Crippen LogP contribution is -2.36. The fourth-order valence-corrected chi connectivity index (χ4v) is 4.47. The van der Waals surface area contributed by atoms with Crippen LogP contribution in [0.1, 0.15) is 41.1 Å². The number of Topliss-reactive ketones (excluding diaryl/α,β-unsaturated/α-hetero) is 1. The fourth-order valence-electron chi connectivity index (χ4n) is 4.47. The van der Waals surface area contributed by atoms with Crippen molar-refractivity contribution in [3.63, 3.8) is 0 Å². The summed E-state index contributed by atoms with van der Waals surface area (Å²) in [5, 5.41) is 11.3. The minimum absolute atomic E-state index is 0.102. The van der Waals surface area contributed by atoms with Gasteiger partial charge in [0.1, 0.15) is 11.5 Å². The van der Waals surface area contributed by atoms with Crippen LogP contribution in [0.5, 0.6) is 5.75 Å². The highest BCUT2D eigenvalue weighted by Crippen LogP contribution is 2.41. The molecule has 2 aliphatic rings. The normalized spacial score (nSPS) is 22.9. The third-order valence-electron chi connectivity index (χ3n) is 6.08. The van der Waals surface area contributed by atoms with Crippen molar-refractivity contribution in [3.05, 3.63) is 70.3 Å². The average Bonchev–Trinajstić information content (AvgIpc) is 3.37. The summed E-state index contributed by atoms with van der Waals surface area (Å²) in [7, 11) is 1.59. The Balaban J connectivity index is 1.85. The third kappa shape index (κ3) is 3.83. The molecule has 0 spiro atoms. The highest BCUT2D eigenvalue weighted by atomic mass is 16.5. The number of hydrogen-bond donors (Lipinski definition) is 1. The molecule has 2 aromatic carbocycles. The number of carbonyl (C=O) groups excluding carboxylic acids is 2. The lowest BCUT2D eigenvalue weighted by atomic mass is 9.93. The van der Waals surface area contributed by atoms with Gasteiger partial charge in [-0.1, -0.05) is 30.3 Å². The van der Waals surface area contributed by atoms with Crippen molar-refractivity contribution in [1.82, 2.24) is 4.90 Å². The molecular weight excluding hydrogens is 394 g/mol. The predicted octanol–water partition coefficient (Wildman–Crippen LogP) is 3.91. The molecule has 2 heterocycles. The van der Waals surface area contributed by atoms with Crippen molar-refractivity contribution in [2.45, 2.75) is 38.8 Å². The minimum atomic E-state index is -0.669. The number of rotatable bonds is 5. The molecule has 2 atom stereocenters. The molecule has 4 rings (SSSR count). The van der Waals surface area contributed by atoms with E-state index in [0.717, 1.165) is 29.5 Å². The Morgan fingerprint density at radius 3 is 2.55 bits per heavy atom. The summed E-state index contributed by atoms with van der Waals surface area (Å²) in [6.45, 7) is 4.70. The molecule has 6 nitrogen and oxygen atoms in total.